The molecule has 1 aromatic heterocycles. The molecular formula is C12H18N2O3S. The van der Waals surface area contributed by atoms with Gasteiger partial charge < -0.3 is 4.52 Å². The highest BCUT2D eigenvalue weighted by Gasteiger charge is 2.18. The number of nitrogens with zero attached hydrogens (tertiary/aromatic N) is 2. The van der Waals surface area contributed by atoms with E-state index in [1.807, 2.05) is 13.8 Å². The van der Waals surface area contributed by atoms with E-state index in [0.29, 0.717) is 18.9 Å². The minimum Gasteiger partial charge on any atom is -0.361 e. The maximum atomic E-state index is 11.8. The van der Waals surface area contributed by atoms with Crippen LogP contribution in [0.4, 0.5) is 0 Å². The average molecular weight is 270 g/mol. The normalized spacial score (nSPS) is 16.0. The minimum absolute atomic E-state index is 0.0476. The Morgan fingerprint density at radius 3 is 2.89 bits per heavy atom. The van der Waals surface area contributed by atoms with Gasteiger partial charge >= 0.3 is 0 Å². The molecule has 0 unspecified atom stereocenters. The van der Waals surface area contributed by atoms with Crippen molar-refractivity contribution in [2.45, 2.75) is 32.4 Å². The standard InChI is InChI=1S/C12H18N2O3S/c1-9-11(10(2)17-13-9)7-18-8-12(15)14-5-3-4-6-16-14/h3-8H2,1-2H3. The van der Waals surface area contributed by atoms with Gasteiger partial charge in [0.25, 0.3) is 5.91 Å². The summed E-state index contributed by atoms with van der Waals surface area (Å²) in [4.78, 5) is 17.2. The third-order valence-electron chi connectivity index (χ3n) is 2.93. The molecule has 6 heteroatoms. The first-order valence-corrected chi connectivity index (χ1v) is 7.26. The second-order valence-electron chi connectivity index (χ2n) is 4.33. The summed E-state index contributed by atoms with van der Waals surface area (Å²) in [7, 11) is 0. The van der Waals surface area contributed by atoms with Gasteiger partial charge in [-0.15, -0.1) is 11.8 Å². The van der Waals surface area contributed by atoms with Crippen molar-refractivity contribution >= 4 is 17.7 Å². The molecule has 0 spiro atoms. The zero-order valence-corrected chi connectivity index (χ0v) is 11.6. The number of carbonyl (C=O) groups excluding carboxylic acids is 1. The van der Waals surface area contributed by atoms with Gasteiger partial charge in [-0.25, -0.2) is 5.06 Å². The second kappa shape index (κ2) is 6.24. The monoisotopic (exact) mass is 270 g/mol. The second-order valence-corrected chi connectivity index (χ2v) is 5.32. The molecule has 1 amide bonds. The van der Waals surface area contributed by atoms with E-state index >= 15 is 0 Å². The van der Waals surface area contributed by atoms with Crippen LogP contribution in [-0.4, -0.2) is 35.0 Å². The van der Waals surface area contributed by atoms with Crippen molar-refractivity contribution < 1.29 is 14.2 Å². The number of aryl methyl sites for hydroxylation is 2. The lowest BCUT2D eigenvalue weighted by atomic mass is 10.2. The van der Waals surface area contributed by atoms with Crippen LogP contribution in [0.2, 0.25) is 0 Å². The molecule has 0 radical (unpaired) electrons. The van der Waals surface area contributed by atoms with Crippen molar-refractivity contribution in [1.29, 1.82) is 0 Å². The van der Waals surface area contributed by atoms with Crippen LogP contribution in [0.3, 0.4) is 0 Å². The number of hydrogen-bond donors (Lipinski definition) is 0. The summed E-state index contributed by atoms with van der Waals surface area (Å²) < 4.78 is 5.09. The van der Waals surface area contributed by atoms with Crippen LogP contribution in [0.5, 0.6) is 0 Å². The fraction of sp³-hybridized carbons (Fsp3) is 0.667. The fourth-order valence-electron chi connectivity index (χ4n) is 1.81. The lowest BCUT2D eigenvalue weighted by Gasteiger charge is -2.25. The van der Waals surface area contributed by atoms with E-state index in [2.05, 4.69) is 5.16 Å². The van der Waals surface area contributed by atoms with Gasteiger partial charge in [0.15, 0.2) is 0 Å². The van der Waals surface area contributed by atoms with Crippen LogP contribution in [0.15, 0.2) is 4.52 Å². The number of aromatic nitrogens is 1. The molecule has 18 heavy (non-hydrogen) atoms. The van der Waals surface area contributed by atoms with E-state index in [9.17, 15) is 4.79 Å². The summed E-state index contributed by atoms with van der Waals surface area (Å²) in [5.41, 5.74) is 1.99. The molecule has 0 atom stereocenters. The summed E-state index contributed by atoms with van der Waals surface area (Å²) in [6.45, 7) is 5.18. The van der Waals surface area contributed by atoms with Crippen LogP contribution in [0.1, 0.15) is 29.9 Å². The van der Waals surface area contributed by atoms with E-state index in [1.165, 1.54) is 5.06 Å². The quantitative estimate of drug-likeness (QED) is 0.838. The van der Waals surface area contributed by atoms with E-state index in [-0.39, 0.29) is 5.91 Å². The lowest BCUT2D eigenvalue weighted by molar-refractivity contribution is -0.194. The summed E-state index contributed by atoms with van der Waals surface area (Å²) >= 11 is 1.57. The highest BCUT2D eigenvalue weighted by molar-refractivity contribution is 7.99. The molecule has 1 saturated heterocycles. The zero-order chi connectivity index (χ0) is 13.0. The van der Waals surface area contributed by atoms with Crippen molar-refractivity contribution in [3.05, 3.63) is 17.0 Å². The van der Waals surface area contributed by atoms with Gasteiger partial charge in [0, 0.05) is 17.9 Å². The molecule has 100 valence electrons. The number of carbonyl (C=O) groups is 1. The molecule has 2 heterocycles. The largest absolute Gasteiger partial charge is 0.361 e. The lowest BCUT2D eigenvalue weighted by Crippen LogP contribution is -2.36. The maximum absolute atomic E-state index is 11.8. The number of hydroxylamine groups is 2. The Kier molecular flexibility index (Phi) is 4.66. The molecular weight excluding hydrogens is 252 g/mol. The van der Waals surface area contributed by atoms with Gasteiger partial charge in [-0.2, -0.15) is 0 Å². The Hall–Kier alpha value is -1.01. The number of thioether (sulfide) groups is 1. The Morgan fingerprint density at radius 1 is 1.44 bits per heavy atom. The maximum Gasteiger partial charge on any atom is 0.256 e. The minimum atomic E-state index is 0.0476. The molecule has 1 aliphatic rings. The molecule has 0 bridgehead atoms. The van der Waals surface area contributed by atoms with Crippen LogP contribution >= 0.6 is 11.8 Å². The molecule has 0 N–H and O–H groups in total. The van der Waals surface area contributed by atoms with Gasteiger partial charge in [-0.3, -0.25) is 9.63 Å². The Bertz CT molecular complexity index is 394. The summed E-state index contributed by atoms with van der Waals surface area (Å²) in [6, 6.07) is 0. The smallest absolute Gasteiger partial charge is 0.256 e. The number of hydrogen-bond acceptors (Lipinski definition) is 5. The van der Waals surface area contributed by atoms with E-state index in [0.717, 1.165) is 35.6 Å². The van der Waals surface area contributed by atoms with Crippen molar-refractivity contribution in [3.8, 4) is 0 Å². The number of amides is 1. The average Bonchev–Trinajstić information content (AvgIpc) is 2.71. The highest BCUT2D eigenvalue weighted by Crippen LogP contribution is 2.20. The highest BCUT2D eigenvalue weighted by atomic mass is 32.2. The Balaban J connectivity index is 1.76. The molecule has 5 nitrogen and oxygen atoms in total. The predicted octanol–water partition coefficient (Wildman–Crippen LogP) is 2.08. The Labute approximate surface area is 111 Å². The number of rotatable bonds is 4. The molecule has 0 saturated carbocycles. The van der Waals surface area contributed by atoms with Crippen LogP contribution < -0.4 is 0 Å². The van der Waals surface area contributed by atoms with E-state index < -0.39 is 0 Å². The third kappa shape index (κ3) is 3.26. The topological polar surface area (TPSA) is 55.6 Å². The van der Waals surface area contributed by atoms with Gasteiger partial charge in [0.2, 0.25) is 0 Å². The van der Waals surface area contributed by atoms with Crippen LogP contribution in [0, 0.1) is 13.8 Å². The van der Waals surface area contributed by atoms with Crippen molar-refractivity contribution in [1.82, 2.24) is 10.2 Å². The summed E-state index contributed by atoms with van der Waals surface area (Å²) in [5.74, 6) is 2.07. The summed E-state index contributed by atoms with van der Waals surface area (Å²) in [5, 5.41) is 5.39. The van der Waals surface area contributed by atoms with Gasteiger partial charge in [-0.1, -0.05) is 5.16 Å². The fourth-order valence-corrected chi connectivity index (χ4v) is 2.85. The third-order valence-corrected chi connectivity index (χ3v) is 3.88. The molecule has 0 aliphatic carbocycles. The molecule has 0 aromatic carbocycles. The van der Waals surface area contributed by atoms with Gasteiger partial charge in [0.05, 0.1) is 18.1 Å². The SMILES string of the molecule is Cc1noc(C)c1CSCC(=O)N1CCCCO1. The first-order valence-electron chi connectivity index (χ1n) is 6.11. The van der Waals surface area contributed by atoms with Crippen LogP contribution in [-0.2, 0) is 15.4 Å². The van der Waals surface area contributed by atoms with E-state index in [1.54, 1.807) is 11.8 Å². The molecule has 1 fully saturated rings. The van der Waals surface area contributed by atoms with Crippen molar-refractivity contribution in [2.24, 2.45) is 0 Å². The Morgan fingerprint density at radius 2 is 2.28 bits per heavy atom. The van der Waals surface area contributed by atoms with Crippen LogP contribution in [0.25, 0.3) is 0 Å². The molecule has 1 aliphatic heterocycles. The first-order chi connectivity index (χ1) is 8.68. The van der Waals surface area contributed by atoms with Crippen molar-refractivity contribution in [3.63, 3.8) is 0 Å². The van der Waals surface area contributed by atoms with Gasteiger partial charge in [0.1, 0.15) is 5.76 Å². The van der Waals surface area contributed by atoms with Gasteiger partial charge in [-0.05, 0) is 26.7 Å². The zero-order valence-electron chi connectivity index (χ0n) is 10.8. The summed E-state index contributed by atoms with van der Waals surface area (Å²) in [6.07, 6.45) is 2.07. The van der Waals surface area contributed by atoms with E-state index in [4.69, 9.17) is 9.36 Å². The molecule has 2 rings (SSSR count). The van der Waals surface area contributed by atoms with Crippen molar-refractivity contribution in [2.75, 3.05) is 18.9 Å². The predicted molar refractivity (Wildman–Crippen MR) is 69.0 cm³/mol. The molecule has 1 aromatic rings. The first kappa shape index (κ1) is 13.4.